The van der Waals surface area contributed by atoms with Crippen LogP contribution >= 0.6 is 0 Å². The molecule has 0 atom stereocenters. The molecule has 1 saturated heterocycles. The largest absolute Gasteiger partial charge is 0.368 e. The Morgan fingerprint density at radius 1 is 1.00 bits per heavy atom. The third-order valence-electron chi connectivity index (χ3n) is 5.18. The van der Waals surface area contributed by atoms with Crippen molar-refractivity contribution in [1.29, 1.82) is 5.26 Å². The summed E-state index contributed by atoms with van der Waals surface area (Å²) >= 11 is 0. The van der Waals surface area contributed by atoms with E-state index in [2.05, 4.69) is 22.4 Å². The highest BCUT2D eigenvalue weighted by Crippen LogP contribution is 2.28. The third-order valence-corrected chi connectivity index (χ3v) is 5.18. The van der Waals surface area contributed by atoms with Crippen LogP contribution in [-0.4, -0.2) is 42.9 Å². The van der Waals surface area contributed by atoms with E-state index in [0.717, 1.165) is 30.9 Å². The molecule has 27 heavy (non-hydrogen) atoms. The van der Waals surface area contributed by atoms with E-state index in [4.69, 9.17) is 5.26 Å². The number of aryl methyl sites for hydroxylation is 1. The van der Waals surface area contributed by atoms with Crippen molar-refractivity contribution in [2.75, 3.05) is 36.4 Å². The smallest absolute Gasteiger partial charge is 0.253 e. The molecule has 4 rings (SSSR count). The maximum atomic E-state index is 12.6. The Morgan fingerprint density at radius 3 is 2.44 bits per heavy atom. The molecular weight excluding hydrogens is 340 g/mol. The van der Waals surface area contributed by atoms with E-state index >= 15 is 0 Å². The van der Waals surface area contributed by atoms with Gasteiger partial charge in [0.2, 0.25) is 5.91 Å². The van der Waals surface area contributed by atoms with Crippen molar-refractivity contribution in [3.8, 4) is 6.07 Å². The van der Waals surface area contributed by atoms with Gasteiger partial charge in [-0.25, -0.2) is 0 Å². The lowest BCUT2D eigenvalue weighted by Crippen LogP contribution is -2.48. The number of hydrogen-bond acceptors (Lipinski definition) is 4. The van der Waals surface area contributed by atoms with E-state index < -0.39 is 0 Å². The first-order valence-corrected chi connectivity index (χ1v) is 9.11. The van der Waals surface area contributed by atoms with Crippen molar-refractivity contribution < 1.29 is 9.59 Å². The zero-order valence-electron chi connectivity index (χ0n) is 14.9. The number of fused-ring (bicyclic) bond motifs is 1. The van der Waals surface area contributed by atoms with Gasteiger partial charge in [-0.15, -0.1) is 0 Å². The lowest BCUT2D eigenvalue weighted by molar-refractivity contribution is -0.116. The standard InChI is InChI=1S/C21H20N4O2/c22-14-15-1-3-16(4-2-15)21(27)25-11-9-24(10-12-25)18-6-7-19-17(13-18)5-8-20(26)23-19/h1-4,6-7,13H,5,8-12H2,(H,23,26). The minimum absolute atomic E-state index is 0.00675. The predicted octanol–water partition coefficient (Wildman–Crippen LogP) is 2.41. The van der Waals surface area contributed by atoms with Crippen LogP contribution in [0.5, 0.6) is 0 Å². The topological polar surface area (TPSA) is 76.4 Å². The van der Waals surface area contributed by atoms with Gasteiger partial charge in [0, 0.05) is 49.5 Å². The van der Waals surface area contributed by atoms with E-state index in [1.54, 1.807) is 24.3 Å². The first kappa shape index (κ1) is 17.1. The summed E-state index contributed by atoms with van der Waals surface area (Å²) in [6.45, 7) is 2.86. The van der Waals surface area contributed by atoms with E-state index in [-0.39, 0.29) is 11.8 Å². The van der Waals surface area contributed by atoms with Crippen LogP contribution in [0.15, 0.2) is 42.5 Å². The molecule has 2 aliphatic heterocycles. The summed E-state index contributed by atoms with van der Waals surface area (Å²) < 4.78 is 0. The molecule has 6 heteroatoms. The van der Waals surface area contributed by atoms with Crippen LogP contribution in [-0.2, 0) is 11.2 Å². The van der Waals surface area contributed by atoms with Gasteiger partial charge in [-0.05, 0) is 54.4 Å². The molecule has 1 fully saturated rings. The number of hydrogen-bond donors (Lipinski definition) is 1. The Labute approximate surface area is 158 Å². The minimum Gasteiger partial charge on any atom is -0.368 e. The normalized spacial score (nSPS) is 16.3. The van der Waals surface area contributed by atoms with Gasteiger partial charge >= 0.3 is 0 Å². The highest BCUT2D eigenvalue weighted by molar-refractivity contribution is 5.95. The van der Waals surface area contributed by atoms with Gasteiger partial charge in [-0.2, -0.15) is 5.26 Å². The molecule has 136 valence electrons. The number of anilines is 2. The number of rotatable bonds is 2. The maximum absolute atomic E-state index is 12.6. The second kappa shape index (κ2) is 7.12. The lowest BCUT2D eigenvalue weighted by Gasteiger charge is -2.36. The van der Waals surface area contributed by atoms with Gasteiger partial charge in [-0.1, -0.05) is 0 Å². The zero-order valence-corrected chi connectivity index (χ0v) is 14.9. The van der Waals surface area contributed by atoms with Crippen molar-refractivity contribution in [3.63, 3.8) is 0 Å². The molecule has 1 N–H and O–H groups in total. The lowest BCUT2D eigenvalue weighted by atomic mass is 10.0. The SMILES string of the molecule is N#Cc1ccc(C(=O)N2CCN(c3ccc4c(c3)CCC(=O)N4)CC2)cc1. The van der Waals surface area contributed by atoms with Crippen LogP contribution < -0.4 is 10.2 Å². The first-order chi connectivity index (χ1) is 13.1. The monoisotopic (exact) mass is 360 g/mol. The van der Waals surface area contributed by atoms with Crippen LogP contribution in [0.4, 0.5) is 11.4 Å². The molecule has 0 bridgehead atoms. The predicted molar refractivity (Wildman–Crippen MR) is 103 cm³/mol. The van der Waals surface area contributed by atoms with Gasteiger partial charge in [0.15, 0.2) is 0 Å². The zero-order chi connectivity index (χ0) is 18.8. The van der Waals surface area contributed by atoms with E-state index in [1.807, 2.05) is 17.0 Å². The van der Waals surface area contributed by atoms with Crippen LogP contribution in [0.1, 0.15) is 27.9 Å². The molecule has 0 aromatic heterocycles. The van der Waals surface area contributed by atoms with E-state index in [0.29, 0.717) is 30.6 Å². The number of nitriles is 1. The average molecular weight is 360 g/mol. The molecule has 2 amide bonds. The van der Waals surface area contributed by atoms with Gasteiger partial charge in [-0.3, -0.25) is 9.59 Å². The number of amides is 2. The Bertz CT molecular complexity index is 922. The maximum Gasteiger partial charge on any atom is 0.253 e. The summed E-state index contributed by atoms with van der Waals surface area (Å²) in [7, 11) is 0. The quantitative estimate of drug-likeness (QED) is 0.892. The number of nitrogens with zero attached hydrogens (tertiary/aromatic N) is 3. The van der Waals surface area contributed by atoms with E-state index in [9.17, 15) is 9.59 Å². The summed E-state index contributed by atoms with van der Waals surface area (Å²) in [6.07, 6.45) is 1.30. The molecule has 2 aliphatic rings. The van der Waals surface area contributed by atoms with Crippen LogP contribution in [0.2, 0.25) is 0 Å². The second-order valence-electron chi connectivity index (χ2n) is 6.86. The van der Waals surface area contributed by atoms with Gasteiger partial charge < -0.3 is 15.1 Å². The number of carbonyl (C=O) groups is 2. The van der Waals surface area contributed by atoms with Crippen molar-refractivity contribution in [3.05, 3.63) is 59.2 Å². The molecule has 6 nitrogen and oxygen atoms in total. The Morgan fingerprint density at radius 2 is 1.74 bits per heavy atom. The Balaban J connectivity index is 1.40. The number of carbonyl (C=O) groups excluding carboxylic acids is 2. The molecule has 2 aromatic carbocycles. The Kier molecular flexibility index (Phi) is 4.51. The summed E-state index contributed by atoms with van der Waals surface area (Å²) in [5, 5.41) is 11.8. The number of nitrogens with one attached hydrogen (secondary N) is 1. The molecule has 2 aromatic rings. The molecule has 0 radical (unpaired) electrons. The third kappa shape index (κ3) is 3.49. The fourth-order valence-corrected chi connectivity index (χ4v) is 3.60. The average Bonchev–Trinajstić information content (AvgIpc) is 2.73. The summed E-state index contributed by atoms with van der Waals surface area (Å²) in [6, 6.07) is 15.0. The van der Waals surface area contributed by atoms with Crippen molar-refractivity contribution in [2.45, 2.75) is 12.8 Å². The summed E-state index contributed by atoms with van der Waals surface area (Å²) in [5.41, 5.74) is 4.38. The van der Waals surface area contributed by atoms with Crippen LogP contribution in [0.3, 0.4) is 0 Å². The molecule has 0 aliphatic carbocycles. The van der Waals surface area contributed by atoms with Crippen LogP contribution in [0.25, 0.3) is 0 Å². The van der Waals surface area contributed by atoms with Crippen molar-refractivity contribution >= 4 is 23.2 Å². The van der Waals surface area contributed by atoms with Gasteiger partial charge in [0.25, 0.3) is 5.91 Å². The molecule has 0 unspecified atom stereocenters. The number of benzene rings is 2. The minimum atomic E-state index is 0.00675. The first-order valence-electron chi connectivity index (χ1n) is 9.11. The van der Waals surface area contributed by atoms with Gasteiger partial charge in [0.05, 0.1) is 11.6 Å². The summed E-state index contributed by atoms with van der Waals surface area (Å²) in [5.74, 6) is 0.0810. The number of piperazine rings is 1. The van der Waals surface area contributed by atoms with Gasteiger partial charge in [0.1, 0.15) is 0 Å². The molecular formula is C21H20N4O2. The molecule has 0 spiro atoms. The fourth-order valence-electron chi connectivity index (χ4n) is 3.60. The van der Waals surface area contributed by atoms with Crippen LogP contribution in [0, 0.1) is 11.3 Å². The Hall–Kier alpha value is -3.33. The van der Waals surface area contributed by atoms with Crippen molar-refractivity contribution in [2.24, 2.45) is 0 Å². The highest BCUT2D eigenvalue weighted by Gasteiger charge is 2.23. The second-order valence-corrected chi connectivity index (χ2v) is 6.86. The van der Waals surface area contributed by atoms with Crippen molar-refractivity contribution in [1.82, 2.24) is 4.90 Å². The van der Waals surface area contributed by atoms with E-state index in [1.165, 1.54) is 5.56 Å². The molecule has 2 heterocycles. The fraction of sp³-hybridized carbons (Fsp3) is 0.286. The summed E-state index contributed by atoms with van der Waals surface area (Å²) in [4.78, 5) is 28.3. The highest BCUT2D eigenvalue weighted by atomic mass is 16.2. The molecule has 0 saturated carbocycles.